The van der Waals surface area contributed by atoms with Crippen molar-refractivity contribution in [3.05, 3.63) is 70.3 Å². The number of fused-ring (bicyclic) bond motifs is 1. The largest absolute Gasteiger partial charge is 0.307 e. The number of halogens is 1. The number of para-hydroxylation sites is 1. The third kappa shape index (κ3) is 2.76. The molecule has 3 aromatic rings. The SMILES string of the molecule is O=C(c1cc(-c2ccc(Br)cc2)n[nH]1)N1CCCc2ccccc21. The maximum atomic E-state index is 12.9. The van der Waals surface area contributed by atoms with Gasteiger partial charge in [0.25, 0.3) is 5.91 Å². The average Bonchev–Trinajstić information content (AvgIpc) is 3.11. The number of anilines is 1. The van der Waals surface area contributed by atoms with Crippen molar-refractivity contribution < 1.29 is 4.79 Å². The molecule has 1 N–H and O–H groups in total. The fourth-order valence-corrected chi connectivity index (χ4v) is 3.35. The smallest absolute Gasteiger partial charge is 0.276 e. The van der Waals surface area contributed by atoms with Gasteiger partial charge in [0.1, 0.15) is 5.69 Å². The first-order valence-corrected chi connectivity index (χ1v) is 8.73. The molecule has 0 fully saturated rings. The number of aromatic amines is 1. The van der Waals surface area contributed by atoms with Crippen molar-refractivity contribution in [2.24, 2.45) is 0 Å². The molecule has 0 saturated carbocycles. The molecule has 0 bridgehead atoms. The van der Waals surface area contributed by atoms with Crippen LogP contribution in [0.15, 0.2) is 59.1 Å². The second-order valence-corrected chi connectivity index (χ2v) is 6.78. The van der Waals surface area contributed by atoms with Crippen molar-refractivity contribution in [3.63, 3.8) is 0 Å². The minimum Gasteiger partial charge on any atom is -0.307 e. The van der Waals surface area contributed by atoms with Crippen LogP contribution in [0.3, 0.4) is 0 Å². The molecule has 1 amide bonds. The Labute approximate surface area is 148 Å². The highest BCUT2D eigenvalue weighted by atomic mass is 79.9. The van der Waals surface area contributed by atoms with Crippen LogP contribution in [-0.2, 0) is 6.42 Å². The number of hydrogen-bond donors (Lipinski definition) is 1. The molecule has 4 nitrogen and oxygen atoms in total. The number of benzene rings is 2. The Balaban J connectivity index is 1.63. The summed E-state index contributed by atoms with van der Waals surface area (Å²) in [6.45, 7) is 0.739. The van der Waals surface area contributed by atoms with Gasteiger partial charge in [-0.3, -0.25) is 9.89 Å². The van der Waals surface area contributed by atoms with Crippen molar-refractivity contribution in [1.82, 2.24) is 10.2 Å². The molecule has 2 heterocycles. The zero-order valence-corrected chi connectivity index (χ0v) is 14.6. The lowest BCUT2D eigenvalue weighted by Gasteiger charge is -2.28. The van der Waals surface area contributed by atoms with Crippen molar-refractivity contribution in [2.75, 3.05) is 11.4 Å². The monoisotopic (exact) mass is 381 g/mol. The number of nitrogens with one attached hydrogen (secondary N) is 1. The molecule has 5 heteroatoms. The maximum Gasteiger partial charge on any atom is 0.276 e. The highest BCUT2D eigenvalue weighted by molar-refractivity contribution is 9.10. The van der Waals surface area contributed by atoms with Gasteiger partial charge in [0.2, 0.25) is 0 Å². The summed E-state index contributed by atoms with van der Waals surface area (Å²) in [4.78, 5) is 14.8. The number of H-pyrrole nitrogens is 1. The fraction of sp³-hybridized carbons (Fsp3) is 0.158. The number of carbonyl (C=O) groups excluding carboxylic acids is 1. The van der Waals surface area contributed by atoms with Crippen LogP contribution < -0.4 is 4.90 Å². The molecule has 1 aliphatic heterocycles. The fourth-order valence-electron chi connectivity index (χ4n) is 3.09. The minimum absolute atomic E-state index is 0.0296. The molecule has 1 aliphatic rings. The molecule has 2 aromatic carbocycles. The van der Waals surface area contributed by atoms with Crippen molar-refractivity contribution >= 4 is 27.5 Å². The molecule has 0 unspecified atom stereocenters. The van der Waals surface area contributed by atoms with E-state index >= 15 is 0 Å². The van der Waals surface area contributed by atoms with E-state index in [0.717, 1.165) is 40.8 Å². The highest BCUT2D eigenvalue weighted by Crippen LogP contribution is 2.28. The Hall–Kier alpha value is -2.40. The second kappa shape index (κ2) is 6.24. The average molecular weight is 382 g/mol. The van der Waals surface area contributed by atoms with Crippen LogP contribution in [-0.4, -0.2) is 22.6 Å². The van der Waals surface area contributed by atoms with E-state index in [2.05, 4.69) is 32.2 Å². The summed E-state index contributed by atoms with van der Waals surface area (Å²) in [5.41, 5.74) is 4.51. The lowest BCUT2D eigenvalue weighted by molar-refractivity contribution is 0.0980. The maximum absolute atomic E-state index is 12.9. The lowest BCUT2D eigenvalue weighted by Crippen LogP contribution is -2.35. The Morgan fingerprint density at radius 2 is 1.92 bits per heavy atom. The van der Waals surface area contributed by atoms with E-state index < -0.39 is 0 Å². The van der Waals surface area contributed by atoms with Gasteiger partial charge in [-0.1, -0.05) is 46.3 Å². The number of hydrogen-bond acceptors (Lipinski definition) is 2. The Morgan fingerprint density at radius 3 is 2.75 bits per heavy atom. The normalized spacial score (nSPS) is 13.6. The number of aryl methyl sites for hydroxylation is 1. The zero-order valence-electron chi connectivity index (χ0n) is 13.0. The van der Waals surface area contributed by atoms with Crippen LogP contribution in [0.5, 0.6) is 0 Å². The number of nitrogens with zero attached hydrogens (tertiary/aromatic N) is 2. The molecule has 0 spiro atoms. The van der Waals surface area contributed by atoms with Gasteiger partial charge in [-0.25, -0.2) is 0 Å². The summed E-state index contributed by atoms with van der Waals surface area (Å²) in [7, 11) is 0. The van der Waals surface area contributed by atoms with Crippen LogP contribution in [0.25, 0.3) is 11.3 Å². The van der Waals surface area contributed by atoms with E-state index in [-0.39, 0.29) is 5.91 Å². The van der Waals surface area contributed by atoms with Crippen LogP contribution in [0.2, 0.25) is 0 Å². The van der Waals surface area contributed by atoms with Gasteiger partial charge in [-0.2, -0.15) is 5.10 Å². The first-order valence-electron chi connectivity index (χ1n) is 7.93. The topological polar surface area (TPSA) is 49.0 Å². The summed E-state index contributed by atoms with van der Waals surface area (Å²) in [6, 6.07) is 17.8. The third-order valence-corrected chi connectivity index (χ3v) is 4.83. The number of aromatic nitrogens is 2. The quantitative estimate of drug-likeness (QED) is 0.713. The van der Waals surface area contributed by atoms with Crippen LogP contribution in [0, 0.1) is 0 Å². The Kier molecular flexibility index (Phi) is 3.94. The van der Waals surface area contributed by atoms with Gasteiger partial charge in [-0.15, -0.1) is 0 Å². The molecule has 24 heavy (non-hydrogen) atoms. The van der Waals surface area contributed by atoms with Crippen molar-refractivity contribution in [2.45, 2.75) is 12.8 Å². The van der Waals surface area contributed by atoms with E-state index in [0.29, 0.717) is 5.69 Å². The molecule has 0 atom stereocenters. The van der Waals surface area contributed by atoms with Gasteiger partial charge in [0.15, 0.2) is 0 Å². The van der Waals surface area contributed by atoms with Gasteiger partial charge in [0, 0.05) is 22.3 Å². The van der Waals surface area contributed by atoms with Crippen LogP contribution in [0.4, 0.5) is 5.69 Å². The number of amides is 1. The minimum atomic E-state index is -0.0296. The molecular weight excluding hydrogens is 366 g/mol. The van der Waals surface area contributed by atoms with E-state index in [9.17, 15) is 4.79 Å². The molecular formula is C19H16BrN3O. The molecule has 120 valence electrons. The van der Waals surface area contributed by atoms with Crippen LogP contribution in [0.1, 0.15) is 22.5 Å². The molecule has 4 rings (SSSR count). The summed E-state index contributed by atoms with van der Waals surface area (Å²) >= 11 is 3.42. The van der Waals surface area contributed by atoms with E-state index in [1.54, 1.807) is 0 Å². The van der Waals surface area contributed by atoms with Crippen LogP contribution >= 0.6 is 15.9 Å². The highest BCUT2D eigenvalue weighted by Gasteiger charge is 2.24. The summed E-state index contributed by atoms with van der Waals surface area (Å²) in [5.74, 6) is -0.0296. The zero-order chi connectivity index (χ0) is 16.5. The number of carbonyl (C=O) groups is 1. The summed E-state index contributed by atoms with van der Waals surface area (Å²) < 4.78 is 1.02. The predicted octanol–water partition coefficient (Wildman–Crippen LogP) is 4.43. The first-order chi connectivity index (χ1) is 11.7. The summed E-state index contributed by atoms with van der Waals surface area (Å²) in [6.07, 6.45) is 2.00. The molecule has 0 saturated heterocycles. The Bertz CT molecular complexity index is 886. The summed E-state index contributed by atoms with van der Waals surface area (Å²) in [5, 5.41) is 7.19. The molecule has 0 radical (unpaired) electrons. The van der Waals surface area contributed by atoms with E-state index in [4.69, 9.17) is 0 Å². The van der Waals surface area contributed by atoms with E-state index in [1.807, 2.05) is 53.4 Å². The van der Waals surface area contributed by atoms with Gasteiger partial charge in [0.05, 0.1) is 5.69 Å². The van der Waals surface area contributed by atoms with E-state index in [1.165, 1.54) is 5.56 Å². The first kappa shape index (κ1) is 15.1. The molecule has 1 aromatic heterocycles. The van der Waals surface area contributed by atoms with Crippen molar-refractivity contribution in [3.8, 4) is 11.3 Å². The lowest BCUT2D eigenvalue weighted by atomic mass is 10.0. The number of rotatable bonds is 2. The predicted molar refractivity (Wildman–Crippen MR) is 98.2 cm³/mol. The van der Waals surface area contributed by atoms with Gasteiger partial charge >= 0.3 is 0 Å². The van der Waals surface area contributed by atoms with Crippen molar-refractivity contribution in [1.29, 1.82) is 0 Å². The van der Waals surface area contributed by atoms with Gasteiger partial charge in [-0.05, 0) is 42.7 Å². The third-order valence-electron chi connectivity index (χ3n) is 4.30. The second-order valence-electron chi connectivity index (χ2n) is 5.86. The Morgan fingerprint density at radius 1 is 1.12 bits per heavy atom. The standard InChI is InChI=1S/C19H16BrN3O/c20-15-9-7-13(8-10-15)16-12-17(22-21-16)19(24)23-11-3-5-14-4-1-2-6-18(14)23/h1-2,4,6-10,12H,3,5,11H2,(H,21,22). The molecule has 0 aliphatic carbocycles. The van der Waals surface area contributed by atoms with Gasteiger partial charge < -0.3 is 4.90 Å².